The van der Waals surface area contributed by atoms with Crippen molar-refractivity contribution in [1.29, 1.82) is 0 Å². The third-order valence-electron chi connectivity index (χ3n) is 4.38. The van der Waals surface area contributed by atoms with Crippen LogP contribution in [0.4, 0.5) is 11.4 Å². The largest absolute Gasteiger partial charge is 0.312 e. The number of carbonyl (C=O) groups excluding carboxylic acids is 2. The molecule has 0 N–H and O–H groups in total. The van der Waals surface area contributed by atoms with Crippen LogP contribution in [-0.4, -0.2) is 30.7 Å². The van der Waals surface area contributed by atoms with Crippen LogP contribution in [0.5, 0.6) is 0 Å². The highest BCUT2D eigenvalue weighted by Gasteiger charge is 2.25. The summed E-state index contributed by atoms with van der Waals surface area (Å²) in [6.45, 7) is 5.01. The van der Waals surface area contributed by atoms with Crippen LogP contribution in [0.15, 0.2) is 53.4 Å². The van der Waals surface area contributed by atoms with Crippen molar-refractivity contribution in [2.24, 2.45) is 0 Å². The molecule has 0 aliphatic carbocycles. The Balaban J connectivity index is 1.73. The van der Waals surface area contributed by atoms with E-state index in [0.29, 0.717) is 25.3 Å². The lowest BCUT2D eigenvalue weighted by Crippen LogP contribution is -2.39. The van der Waals surface area contributed by atoms with E-state index >= 15 is 0 Å². The molecule has 3 rings (SSSR count). The number of rotatable bonds is 5. The molecule has 1 aliphatic heterocycles. The Kier molecular flexibility index (Phi) is 5.43. The van der Waals surface area contributed by atoms with Crippen LogP contribution in [0, 0.1) is 6.92 Å². The molecule has 0 spiro atoms. The van der Waals surface area contributed by atoms with Crippen molar-refractivity contribution in [2.45, 2.75) is 25.2 Å². The minimum atomic E-state index is 0.0420. The maximum absolute atomic E-state index is 12.8. The van der Waals surface area contributed by atoms with Crippen LogP contribution in [0.3, 0.4) is 0 Å². The second-order valence-corrected chi connectivity index (χ2v) is 6.99. The van der Waals surface area contributed by atoms with Crippen molar-refractivity contribution in [3.8, 4) is 0 Å². The number of nitrogens with zero attached hydrogens (tertiary/aromatic N) is 2. The van der Waals surface area contributed by atoms with Crippen LogP contribution < -0.4 is 9.80 Å². The number of anilines is 2. The molecule has 1 aliphatic rings. The van der Waals surface area contributed by atoms with Gasteiger partial charge in [0.15, 0.2) is 0 Å². The van der Waals surface area contributed by atoms with Crippen LogP contribution in [0.2, 0.25) is 0 Å². The quantitative estimate of drug-likeness (QED) is 0.818. The van der Waals surface area contributed by atoms with Gasteiger partial charge in [-0.15, -0.1) is 11.8 Å². The molecular formula is C20H22N2O2S. The first-order valence-electron chi connectivity index (χ1n) is 8.50. The highest BCUT2D eigenvalue weighted by atomic mass is 32.2. The number of hydrogen-bond acceptors (Lipinski definition) is 3. The van der Waals surface area contributed by atoms with Gasteiger partial charge in [0, 0.05) is 30.1 Å². The van der Waals surface area contributed by atoms with E-state index in [4.69, 9.17) is 0 Å². The zero-order chi connectivity index (χ0) is 17.8. The smallest absolute Gasteiger partial charge is 0.237 e. The summed E-state index contributed by atoms with van der Waals surface area (Å²) in [6, 6.07) is 15.8. The number of benzene rings is 2. The van der Waals surface area contributed by atoms with E-state index in [1.54, 1.807) is 21.6 Å². The third-order valence-corrected chi connectivity index (χ3v) is 5.43. The highest BCUT2D eigenvalue weighted by Crippen LogP contribution is 2.35. The van der Waals surface area contributed by atoms with Gasteiger partial charge in [0.1, 0.15) is 0 Å². The first-order valence-corrected chi connectivity index (χ1v) is 9.48. The van der Waals surface area contributed by atoms with Crippen molar-refractivity contribution >= 4 is 35.0 Å². The van der Waals surface area contributed by atoms with Gasteiger partial charge in [-0.25, -0.2) is 0 Å². The van der Waals surface area contributed by atoms with Gasteiger partial charge in [-0.3, -0.25) is 9.59 Å². The summed E-state index contributed by atoms with van der Waals surface area (Å²) in [6.07, 6.45) is 0.312. The van der Waals surface area contributed by atoms with Gasteiger partial charge in [-0.05, 0) is 37.6 Å². The van der Waals surface area contributed by atoms with Crippen molar-refractivity contribution in [2.75, 3.05) is 28.6 Å². The molecule has 2 aromatic rings. The molecule has 0 bridgehead atoms. The van der Waals surface area contributed by atoms with E-state index in [1.807, 2.05) is 62.4 Å². The van der Waals surface area contributed by atoms with Crippen LogP contribution in [0.1, 0.15) is 18.9 Å². The number of aryl methyl sites for hydroxylation is 1. The van der Waals surface area contributed by atoms with Gasteiger partial charge in [0.05, 0.1) is 11.4 Å². The van der Waals surface area contributed by atoms with Crippen LogP contribution in [-0.2, 0) is 9.59 Å². The molecule has 0 saturated heterocycles. The Bertz CT molecular complexity index is 791. The Morgan fingerprint density at radius 2 is 1.88 bits per heavy atom. The first-order chi connectivity index (χ1) is 12.1. The molecule has 0 atom stereocenters. The van der Waals surface area contributed by atoms with Gasteiger partial charge >= 0.3 is 0 Å². The summed E-state index contributed by atoms with van der Waals surface area (Å²) in [5.74, 6) is 0.538. The number of fused-ring (bicyclic) bond motifs is 1. The van der Waals surface area contributed by atoms with E-state index in [9.17, 15) is 9.59 Å². The Hall–Kier alpha value is -2.27. The molecule has 25 heavy (non-hydrogen) atoms. The lowest BCUT2D eigenvalue weighted by molar-refractivity contribution is -0.118. The van der Waals surface area contributed by atoms with Crippen LogP contribution in [0.25, 0.3) is 0 Å². The average molecular weight is 354 g/mol. The Morgan fingerprint density at radius 1 is 1.16 bits per heavy atom. The number of para-hydroxylation sites is 2. The minimum Gasteiger partial charge on any atom is -0.312 e. The molecule has 4 nitrogen and oxygen atoms in total. The summed E-state index contributed by atoms with van der Waals surface area (Å²) >= 11 is 1.56. The van der Waals surface area contributed by atoms with Crippen molar-refractivity contribution in [1.82, 2.24) is 0 Å². The Labute approximate surface area is 152 Å². The molecule has 0 aromatic heterocycles. The third kappa shape index (κ3) is 3.71. The summed E-state index contributed by atoms with van der Waals surface area (Å²) < 4.78 is 0. The average Bonchev–Trinajstić information content (AvgIpc) is 2.63. The normalized spacial score (nSPS) is 13.5. The summed E-state index contributed by atoms with van der Waals surface area (Å²) in [5, 5.41) is 0. The minimum absolute atomic E-state index is 0.0420. The van der Waals surface area contributed by atoms with Gasteiger partial charge in [-0.1, -0.05) is 30.3 Å². The fourth-order valence-electron chi connectivity index (χ4n) is 3.09. The topological polar surface area (TPSA) is 40.6 Å². The number of hydrogen-bond donors (Lipinski definition) is 0. The Morgan fingerprint density at radius 3 is 2.64 bits per heavy atom. The molecular weight excluding hydrogens is 332 g/mol. The fraction of sp³-hybridized carbons (Fsp3) is 0.300. The predicted octanol–water partition coefficient (Wildman–Crippen LogP) is 3.88. The predicted molar refractivity (Wildman–Crippen MR) is 103 cm³/mol. The van der Waals surface area contributed by atoms with Gasteiger partial charge in [0.25, 0.3) is 0 Å². The van der Waals surface area contributed by atoms with E-state index in [2.05, 4.69) is 0 Å². The second-order valence-electron chi connectivity index (χ2n) is 5.98. The number of carbonyl (C=O) groups is 2. The SMILES string of the molecule is CCN(C(=O)CCN1C(=O)CSc2ccccc21)c1ccccc1C. The van der Waals surface area contributed by atoms with Gasteiger partial charge in [-0.2, -0.15) is 0 Å². The number of thioether (sulfide) groups is 1. The summed E-state index contributed by atoms with van der Waals surface area (Å²) in [4.78, 5) is 29.7. The summed E-state index contributed by atoms with van der Waals surface area (Å²) in [5.41, 5.74) is 2.93. The zero-order valence-corrected chi connectivity index (χ0v) is 15.4. The standard InChI is InChI=1S/C20H22N2O2S/c1-3-21(16-9-5-4-8-15(16)2)19(23)12-13-22-17-10-6-7-11-18(17)25-14-20(22)24/h4-11H,3,12-14H2,1-2H3. The van der Waals surface area contributed by atoms with Crippen molar-refractivity contribution < 1.29 is 9.59 Å². The maximum atomic E-state index is 12.8. The maximum Gasteiger partial charge on any atom is 0.237 e. The van der Waals surface area contributed by atoms with E-state index in [0.717, 1.165) is 21.8 Å². The van der Waals surface area contributed by atoms with Crippen LogP contribution >= 0.6 is 11.8 Å². The molecule has 130 valence electrons. The molecule has 0 saturated carbocycles. The van der Waals surface area contributed by atoms with E-state index in [1.165, 1.54) is 0 Å². The lowest BCUT2D eigenvalue weighted by Gasteiger charge is -2.30. The van der Waals surface area contributed by atoms with E-state index in [-0.39, 0.29) is 11.8 Å². The second kappa shape index (κ2) is 7.74. The van der Waals surface area contributed by atoms with Gasteiger partial charge in [0.2, 0.25) is 11.8 Å². The molecule has 0 fully saturated rings. The molecule has 0 unspecified atom stereocenters. The molecule has 2 amide bonds. The molecule has 0 radical (unpaired) electrons. The highest BCUT2D eigenvalue weighted by molar-refractivity contribution is 8.00. The first kappa shape index (κ1) is 17.5. The lowest BCUT2D eigenvalue weighted by atomic mass is 10.1. The zero-order valence-electron chi connectivity index (χ0n) is 14.6. The van der Waals surface area contributed by atoms with E-state index < -0.39 is 0 Å². The fourth-order valence-corrected chi connectivity index (χ4v) is 4.02. The van der Waals surface area contributed by atoms with Crippen molar-refractivity contribution in [3.05, 3.63) is 54.1 Å². The van der Waals surface area contributed by atoms with Gasteiger partial charge < -0.3 is 9.80 Å². The molecule has 2 aromatic carbocycles. The number of amides is 2. The molecule has 5 heteroatoms. The summed E-state index contributed by atoms with van der Waals surface area (Å²) in [7, 11) is 0. The molecule has 1 heterocycles. The van der Waals surface area contributed by atoms with Crippen molar-refractivity contribution in [3.63, 3.8) is 0 Å². The monoisotopic (exact) mass is 354 g/mol.